The molecule has 1 saturated carbocycles. The molecule has 1 spiro atoms. The Morgan fingerprint density at radius 3 is 2.45 bits per heavy atom. The van der Waals surface area contributed by atoms with E-state index < -0.39 is 17.0 Å². The summed E-state index contributed by atoms with van der Waals surface area (Å²) >= 11 is 2.42. The van der Waals surface area contributed by atoms with E-state index in [1.54, 1.807) is 0 Å². The van der Waals surface area contributed by atoms with Crippen molar-refractivity contribution in [1.82, 2.24) is 9.62 Å². The smallest absolute Gasteiger partial charge is 0.410 e. The van der Waals surface area contributed by atoms with E-state index in [0.717, 1.165) is 36.6 Å². The van der Waals surface area contributed by atoms with Gasteiger partial charge in [-0.3, -0.25) is 0 Å². The first-order valence-electron chi connectivity index (χ1n) is 11.2. The highest BCUT2D eigenvalue weighted by Gasteiger charge is 2.54. The van der Waals surface area contributed by atoms with Crippen molar-refractivity contribution in [2.24, 2.45) is 5.41 Å². The van der Waals surface area contributed by atoms with E-state index in [4.69, 9.17) is 4.74 Å². The maximum absolute atomic E-state index is 13.1. The summed E-state index contributed by atoms with van der Waals surface area (Å²) in [4.78, 5) is 15.0. The van der Waals surface area contributed by atoms with Crippen molar-refractivity contribution in [3.8, 4) is 0 Å². The Kier molecular flexibility index (Phi) is 7.41. The number of nitrogens with one attached hydrogen (secondary N) is 1. The van der Waals surface area contributed by atoms with Gasteiger partial charge in [0.05, 0.1) is 6.04 Å². The third-order valence-corrected chi connectivity index (χ3v) is 8.57. The van der Waals surface area contributed by atoms with Crippen molar-refractivity contribution in [2.45, 2.75) is 96.1 Å². The second-order valence-electron chi connectivity index (χ2n) is 11.1. The van der Waals surface area contributed by atoms with Crippen LogP contribution in [0.4, 0.5) is 4.79 Å². The van der Waals surface area contributed by atoms with E-state index >= 15 is 0 Å². The number of carbonyl (C=O) groups excluding carboxylic acids is 1. The van der Waals surface area contributed by atoms with Gasteiger partial charge in [-0.1, -0.05) is 28.1 Å². The van der Waals surface area contributed by atoms with Crippen LogP contribution in [-0.4, -0.2) is 44.5 Å². The van der Waals surface area contributed by atoms with E-state index in [1.165, 1.54) is 5.56 Å². The van der Waals surface area contributed by atoms with Crippen LogP contribution in [0.3, 0.4) is 0 Å². The van der Waals surface area contributed by atoms with E-state index in [2.05, 4.69) is 44.9 Å². The minimum Gasteiger partial charge on any atom is -0.598 e. The Balaban J connectivity index is 1.81. The summed E-state index contributed by atoms with van der Waals surface area (Å²) in [5.41, 5.74) is 0.736. The Morgan fingerprint density at radius 1 is 1.23 bits per heavy atom. The molecule has 2 aliphatic rings. The van der Waals surface area contributed by atoms with Gasteiger partial charge in [0.2, 0.25) is 0 Å². The highest BCUT2D eigenvalue weighted by atomic mass is 79.9. The average molecular weight is 514 g/mol. The maximum Gasteiger partial charge on any atom is 0.410 e. The molecule has 0 radical (unpaired) electrons. The number of nitrogens with zero attached hydrogens (tertiary/aromatic N) is 1. The van der Waals surface area contributed by atoms with Gasteiger partial charge in [0.1, 0.15) is 10.3 Å². The van der Waals surface area contributed by atoms with Crippen LogP contribution >= 0.6 is 15.9 Å². The number of ether oxygens (including phenoxy) is 1. The molecule has 1 aliphatic heterocycles. The van der Waals surface area contributed by atoms with Gasteiger partial charge in [0, 0.05) is 28.4 Å². The number of hydrogen-bond donors (Lipinski definition) is 1. The number of carbonyl (C=O) groups is 1. The predicted molar refractivity (Wildman–Crippen MR) is 130 cm³/mol. The maximum atomic E-state index is 13.1. The zero-order valence-corrected chi connectivity index (χ0v) is 22.1. The molecule has 1 heterocycles. The molecule has 1 aromatic rings. The minimum atomic E-state index is -1.09. The number of likely N-dealkylation sites (tertiary alicyclic amines) is 1. The fraction of sp³-hybridized carbons (Fsp3) is 0.708. The van der Waals surface area contributed by atoms with Crippen LogP contribution in [0.1, 0.15) is 72.8 Å². The average Bonchev–Trinajstić information content (AvgIpc) is 3.19. The first-order valence-corrected chi connectivity index (χ1v) is 13.2. The zero-order valence-electron chi connectivity index (χ0n) is 19.7. The summed E-state index contributed by atoms with van der Waals surface area (Å²) < 4.78 is 22.6. The molecule has 1 saturated heterocycles. The SMILES string of the molecule is CC(C)(C)OC(=O)N1CCC2(CCC(N[S+]([O-])C(C)(C)C)C2)C1Cc1ccc(Br)cc1. The molecule has 4 atom stereocenters. The Morgan fingerprint density at radius 2 is 1.87 bits per heavy atom. The van der Waals surface area contributed by atoms with Gasteiger partial charge in [-0.15, -0.1) is 4.72 Å². The molecule has 0 bridgehead atoms. The van der Waals surface area contributed by atoms with Crippen LogP contribution in [0.5, 0.6) is 0 Å². The normalized spacial score (nSPS) is 27.7. The highest BCUT2D eigenvalue weighted by Crippen LogP contribution is 2.51. The van der Waals surface area contributed by atoms with Crippen LogP contribution in [-0.2, 0) is 22.5 Å². The molecule has 31 heavy (non-hydrogen) atoms. The van der Waals surface area contributed by atoms with Gasteiger partial charge >= 0.3 is 6.09 Å². The van der Waals surface area contributed by atoms with E-state index in [9.17, 15) is 9.35 Å². The Hall–Kier alpha value is -0.760. The lowest BCUT2D eigenvalue weighted by atomic mass is 9.76. The third-order valence-electron chi connectivity index (χ3n) is 6.38. The van der Waals surface area contributed by atoms with Crippen LogP contribution in [0.15, 0.2) is 28.7 Å². The highest BCUT2D eigenvalue weighted by molar-refractivity contribution is 9.10. The molecule has 0 aromatic heterocycles. The zero-order chi connectivity index (χ0) is 23.0. The summed E-state index contributed by atoms with van der Waals surface area (Å²) in [7, 11) is 0. The molecule has 1 amide bonds. The fourth-order valence-electron chi connectivity index (χ4n) is 4.82. The second kappa shape index (κ2) is 9.24. The molecule has 7 heteroatoms. The summed E-state index contributed by atoms with van der Waals surface area (Å²) in [5, 5.41) is 0. The molecule has 3 rings (SSSR count). The lowest BCUT2D eigenvalue weighted by Crippen LogP contribution is -2.47. The van der Waals surface area contributed by atoms with Gasteiger partial charge in [0.25, 0.3) is 0 Å². The van der Waals surface area contributed by atoms with Crippen molar-refractivity contribution in [3.63, 3.8) is 0 Å². The summed E-state index contributed by atoms with van der Waals surface area (Å²) in [6.07, 6.45) is 4.51. The van der Waals surface area contributed by atoms with Crippen LogP contribution in [0.25, 0.3) is 0 Å². The Labute approximate surface area is 199 Å². The molecule has 4 unspecified atom stereocenters. The van der Waals surface area contributed by atoms with Crippen LogP contribution in [0.2, 0.25) is 0 Å². The molecule has 1 aliphatic carbocycles. The number of amides is 1. The summed E-state index contributed by atoms with van der Waals surface area (Å²) in [6, 6.07) is 8.66. The lowest BCUT2D eigenvalue weighted by molar-refractivity contribution is 0.0162. The predicted octanol–water partition coefficient (Wildman–Crippen LogP) is 5.59. The van der Waals surface area contributed by atoms with Crippen molar-refractivity contribution in [2.75, 3.05) is 6.54 Å². The number of rotatable bonds is 4. The van der Waals surface area contributed by atoms with Crippen molar-refractivity contribution < 1.29 is 14.1 Å². The van der Waals surface area contributed by atoms with Crippen LogP contribution in [0, 0.1) is 5.41 Å². The van der Waals surface area contributed by atoms with E-state index in [-0.39, 0.29) is 28.3 Å². The second-order valence-corrected chi connectivity index (χ2v) is 14.0. The standard InChI is InChI=1S/C24H37BrN2O3S/c1-22(2,3)30-21(28)27-14-13-24(20(27)15-17-7-9-18(25)10-8-17)12-11-19(16-24)26-31(29)23(4,5)6/h7-10,19-20,26H,11-16H2,1-6H3. The van der Waals surface area contributed by atoms with Crippen molar-refractivity contribution in [1.29, 1.82) is 0 Å². The molecular weight excluding hydrogens is 476 g/mol. The molecule has 2 fully saturated rings. The first kappa shape index (κ1) is 24.9. The summed E-state index contributed by atoms with van der Waals surface area (Å²) in [6.45, 7) is 12.4. The van der Waals surface area contributed by atoms with Gasteiger partial charge in [-0.25, -0.2) is 4.79 Å². The van der Waals surface area contributed by atoms with Gasteiger partial charge in [0.15, 0.2) is 0 Å². The van der Waals surface area contributed by atoms with Gasteiger partial charge in [-0.2, -0.15) is 0 Å². The Bertz CT molecular complexity index is 775. The minimum absolute atomic E-state index is 0.0315. The molecule has 1 N–H and O–H groups in total. The molecule has 5 nitrogen and oxygen atoms in total. The largest absolute Gasteiger partial charge is 0.598 e. The van der Waals surface area contributed by atoms with Crippen LogP contribution < -0.4 is 4.72 Å². The summed E-state index contributed by atoms with van der Waals surface area (Å²) in [5.74, 6) is 0. The molecule has 174 valence electrons. The quantitative estimate of drug-likeness (QED) is 0.533. The van der Waals surface area contributed by atoms with E-state index in [0.29, 0.717) is 6.54 Å². The molecule has 1 aromatic carbocycles. The topological polar surface area (TPSA) is 64.6 Å². The number of benzene rings is 1. The molecular formula is C24H37BrN2O3S. The van der Waals surface area contributed by atoms with E-state index in [1.807, 2.05) is 46.4 Å². The van der Waals surface area contributed by atoms with Gasteiger partial charge < -0.3 is 14.2 Å². The number of halogens is 1. The van der Waals surface area contributed by atoms with Crippen molar-refractivity contribution >= 4 is 33.4 Å². The van der Waals surface area contributed by atoms with Gasteiger partial charge in [-0.05, 0) is 96.8 Å². The first-order chi connectivity index (χ1) is 14.3. The monoisotopic (exact) mass is 512 g/mol. The third kappa shape index (κ3) is 6.18. The van der Waals surface area contributed by atoms with Crippen molar-refractivity contribution in [3.05, 3.63) is 34.3 Å². The fourth-order valence-corrected chi connectivity index (χ4v) is 5.94. The lowest BCUT2D eigenvalue weighted by Gasteiger charge is -2.36. The number of hydrogen-bond acceptors (Lipinski definition) is 4.